The smallest absolute Gasteiger partial charge is 0.298 e. The summed E-state index contributed by atoms with van der Waals surface area (Å²) in [4.78, 5) is 4.87. The minimum atomic E-state index is -4.89. The van der Waals surface area contributed by atoms with E-state index in [-0.39, 0.29) is 23.6 Å². The van der Waals surface area contributed by atoms with Crippen molar-refractivity contribution in [3.63, 3.8) is 0 Å². The maximum atomic E-state index is 13.6. The third-order valence-electron chi connectivity index (χ3n) is 7.80. The van der Waals surface area contributed by atoms with Crippen LogP contribution in [0.1, 0.15) is 59.0 Å². The van der Waals surface area contributed by atoms with E-state index in [1.54, 1.807) is 0 Å². The van der Waals surface area contributed by atoms with Gasteiger partial charge in [0, 0.05) is 50.7 Å². The summed E-state index contributed by atoms with van der Waals surface area (Å²) in [6.07, 6.45) is -6.59. The van der Waals surface area contributed by atoms with Crippen LogP contribution in [0.5, 0.6) is 0 Å². The highest BCUT2D eigenvalue weighted by Crippen LogP contribution is 2.45. The van der Waals surface area contributed by atoms with Gasteiger partial charge in [-0.05, 0) is 55.5 Å². The van der Waals surface area contributed by atoms with E-state index >= 15 is 0 Å². The zero-order valence-electron chi connectivity index (χ0n) is 20.1. The third kappa shape index (κ3) is 5.43. The summed E-state index contributed by atoms with van der Waals surface area (Å²) in [5, 5.41) is 4.65. The maximum absolute atomic E-state index is 13.6. The molecule has 9 heteroatoms. The van der Waals surface area contributed by atoms with E-state index in [1.165, 1.54) is 12.8 Å². The average molecular weight is 511 g/mol. The van der Waals surface area contributed by atoms with Gasteiger partial charge < -0.3 is 0 Å². The number of benzene rings is 2. The van der Waals surface area contributed by atoms with E-state index in [0.29, 0.717) is 12.6 Å². The van der Waals surface area contributed by atoms with Gasteiger partial charge in [0.1, 0.15) is 0 Å². The fourth-order valence-corrected chi connectivity index (χ4v) is 5.79. The van der Waals surface area contributed by atoms with Crippen LogP contribution in [0.2, 0.25) is 0 Å². The number of alkyl halides is 6. The standard InChI is InChI=1S/C27H30F6N3/c1-17-2-4-18(5-3-17)24-23(36-12-10-35(11-13-36)22-6-7-22)8-9-34-25(24)19-14-20(26(28,29)30)16-21(15-19)27(31,32)33/h2-5,14-16,22-25H,6-13H2,1H3. The van der Waals surface area contributed by atoms with Crippen LogP contribution < -0.4 is 5.32 Å². The zero-order chi connectivity index (χ0) is 25.7. The van der Waals surface area contributed by atoms with E-state index in [9.17, 15) is 26.3 Å². The summed E-state index contributed by atoms with van der Waals surface area (Å²) in [5.74, 6) is -0.337. The quantitative estimate of drug-likeness (QED) is 0.470. The average Bonchev–Trinajstić information content (AvgIpc) is 3.69. The first-order chi connectivity index (χ1) is 17.0. The van der Waals surface area contributed by atoms with Crippen LogP contribution in [0.4, 0.5) is 26.3 Å². The monoisotopic (exact) mass is 510 g/mol. The van der Waals surface area contributed by atoms with E-state index in [2.05, 4.69) is 15.1 Å². The summed E-state index contributed by atoms with van der Waals surface area (Å²) in [6, 6.07) is 9.54. The molecule has 1 aliphatic carbocycles. The predicted octanol–water partition coefficient (Wildman–Crippen LogP) is 6.01. The number of hydrogen-bond donors (Lipinski definition) is 0. The summed E-state index contributed by atoms with van der Waals surface area (Å²) in [7, 11) is 0. The molecule has 0 aromatic heterocycles. The van der Waals surface area contributed by atoms with Crippen molar-refractivity contribution < 1.29 is 26.3 Å². The lowest BCUT2D eigenvalue weighted by atomic mass is 9.76. The lowest BCUT2D eigenvalue weighted by molar-refractivity contribution is -0.143. The second-order valence-electron chi connectivity index (χ2n) is 10.3. The van der Waals surface area contributed by atoms with Crippen molar-refractivity contribution in [1.29, 1.82) is 0 Å². The first-order valence-electron chi connectivity index (χ1n) is 12.5. The minimum absolute atomic E-state index is 0.0135. The first-order valence-corrected chi connectivity index (χ1v) is 12.5. The molecule has 3 fully saturated rings. The van der Waals surface area contributed by atoms with Crippen molar-refractivity contribution in [2.24, 2.45) is 0 Å². The zero-order valence-corrected chi connectivity index (χ0v) is 20.1. The van der Waals surface area contributed by atoms with Gasteiger partial charge in [0.25, 0.3) is 0 Å². The van der Waals surface area contributed by atoms with Gasteiger partial charge in [-0.3, -0.25) is 9.80 Å². The van der Waals surface area contributed by atoms with E-state index in [4.69, 9.17) is 0 Å². The summed E-state index contributed by atoms with van der Waals surface area (Å²) < 4.78 is 81.8. The van der Waals surface area contributed by atoms with Crippen LogP contribution in [0.15, 0.2) is 42.5 Å². The Bertz CT molecular complexity index is 1020. The van der Waals surface area contributed by atoms with Gasteiger partial charge in [-0.25, -0.2) is 5.32 Å². The molecule has 1 saturated carbocycles. The number of hydrogen-bond acceptors (Lipinski definition) is 2. The van der Waals surface area contributed by atoms with Crippen molar-refractivity contribution in [2.45, 2.75) is 62.6 Å². The minimum Gasteiger partial charge on any atom is -0.298 e. The Labute approximate surface area is 207 Å². The Kier molecular flexibility index (Phi) is 6.85. The Hall–Kier alpha value is -2.10. The molecule has 2 saturated heterocycles. The molecular weight excluding hydrogens is 480 g/mol. The number of halogens is 6. The Morgan fingerprint density at radius 1 is 0.722 bits per heavy atom. The molecule has 2 aromatic carbocycles. The number of nitrogens with zero attached hydrogens (tertiary/aromatic N) is 3. The second-order valence-corrected chi connectivity index (χ2v) is 10.3. The topological polar surface area (TPSA) is 20.6 Å². The Morgan fingerprint density at radius 3 is 1.81 bits per heavy atom. The second kappa shape index (κ2) is 9.65. The molecule has 0 amide bonds. The Morgan fingerprint density at radius 2 is 1.28 bits per heavy atom. The van der Waals surface area contributed by atoms with Crippen LogP contribution in [0, 0.1) is 6.92 Å². The van der Waals surface area contributed by atoms with Gasteiger partial charge in [-0.15, -0.1) is 0 Å². The molecule has 3 aliphatic rings. The van der Waals surface area contributed by atoms with Gasteiger partial charge in [-0.2, -0.15) is 26.3 Å². The largest absolute Gasteiger partial charge is 0.416 e. The van der Waals surface area contributed by atoms with Crippen molar-refractivity contribution in [2.75, 3.05) is 32.7 Å². The molecule has 3 atom stereocenters. The van der Waals surface area contributed by atoms with Crippen molar-refractivity contribution in [3.05, 3.63) is 70.3 Å². The summed E-state index contributed by atoms with van der Waals surface area (Å²) in [5.41, 5.74) is -0.662. The molecule has 0 bridgehead atoms. The number of rotatable bonds is 4. The molecule has 0 spiro atoms. The predicted molar refractivity (Wildman–Crippen MR) is 125 cm³/mol. The fourth-order valence-electron chi connectivity index (χ4n) is 5.79. The highest BCUT2D eigenvalue weighted by Gasteiger charge is 2.43. The van der Waals surface area contributed by atoms with Crippen LogP contribution >= 0.6 is 0 Å². The number of piperazine rings is 1. The molecular formula is C27H30F6N3. The molecule has 1 radical (unpaired) electrons. The molecule has 2 aliphatic heterocycles. The van der Waals surface area contributed by atoms with Gasteiger partial charge in [0.2, 0.25) is 0 Å². The fraction of sp³-hybridized carbons (Fsp3) is 0.556. The molecule has 0 N–H and O–H groups in total. The first kappa shape index (κ1) is 25.5. The maximum Gasteiger partial charge on any atom is 0.416 e. The van der Waals surface area contributed by atoms with E-state index in [1.807, 2.05) is 31.2 Å². The van der Waals surface area contributed by atoms with Crippen LogP contribution in [0.25, 0.3) is 0 Å². The molecule has 3 nitrogen and oxygen atoms in total. The highest BCUT2D eigenvalue weighted by atomic mass is 19.4. The van der Waals surface area contributed by atoms with Crippen molar-refractivity contribution >= 4 is 0 Å². The lowest BCUT2D eigenvalue weighted by Gasteiger charge is -2.47. The van der Waals surface area contributed by atoms with Crippen LogP contribution in [0.3, 0.4) is 0 Å². The number of aryl methyl sites for hydroxylation is 1. The lowest BCUT2D eigenvalue weighted by Crippen LogP contribution is -2.55. The van der Waals surface area contributed by atoms with Gasteiger partial charge in [0.05, 0.1) is 17.2 Å². The Balaban J connectivity index is 1.53. The summed E-state index contributed by atoms with van der Waals surface area (Å²) in [6.45, 7) is 5.90. The van der Waals surface area contributed by atoms with Crippen molar-refractivity contribution in [3.8, 4) is 0 Å². The molecule has 195 valence electrons. The van der Waals surface area contributed by atoms with Crippen molar-refractivity contribution in [1.82, 2.24) is 15.1 Å². The summed E-state index contributed by atoms with van der Waals surface area (Å²) >= 11 is 0. The molecule has 36 heavy (non-hydrogen) atoms. The number of piperidine rings is 1. The SMILES string of the molecule is Cc1ccc(C2C(c3cc(C(F)(F)F)cc(C(F)(F)F)c3)[N]CCC2N2CCN(C3CC3)CC2)cc1. The van der Waals surface area contributed by atoms with Crippen LogP contribution in [-0.4, -0.2) is 54.6 Å². The third-order valence-corrected chi connectivity index (χ3v) is 7.80. The normalized spacial score (nSPS) is 26.8. The molecule has 2 heterocycles. The van der Waals surface area contributed by atoms with Gasteiger partial charge >= 0.3 is 12.4 Å². The molecule has 5 rings (SSSR count). The van der Waals surface area contributed by atoms with Crippen LogP contribution in [-0.2, 0) is 12.4 Å². The highest BCUT2D eigenvalue weighted by molar-refractivity contribution is 5.39. The molecule has 2 aromatic rings. The van der Waals surface area contributed by atoms with Gasteiger partial charge in [0.15, 0.2) is 0 Å². The van der Waals surface area contributed by atoms with E-state index < -0.39 is 29.5 Å². The molecule has 3 unspecified atom stereocenters. The van der Waals surface area contributed by atoms with Gasteiger partial charge in [-0.1, -0.05) is 29.8 Å². The van der Waals surface area contributed by atoms with E-state index in [0.717, 1.165) is 55.9 Å².